The van der Waals surface area contributed by atoms with Crippen LogP contribution in [0.15, 0.2) is 30.5 Å². The molecule has 19 heavy (non-hydrogen) atoms. The van der Waals surface area contributed by atoms with E-state index in [4.69, 9.17) is 0 Å². The highest BCUT2D eigenvalue weighted by Crippen LogP contribution is 2.28. The van der Waals surface area contributed by atoms with E-state index in [0.717, 1.165) is 42.3 Å². The Morgan fingerprint density at radius 2 is 1.89 bits per heavy atom. The number of aliphatic hydroxyl groups is 1. The summed E-state index contributed by atoms with van der Waals surface area (Å²) >= 11 is 0. The Morgan fingerprint density at radius 1 is 1.11 bits per heavy atom. The number of fused-ring (bicyclic) bond motifs is 1. The number of hydrogen-bond donors (Lipinski definition) is 3. The first-order valence-corrected chi connectivity index (χ1v) is 6.75. The number of aromatic nitrogens is 1. The van der Waals surface area contributed by atoms with Crippen LogP contribution in [0.4, 0.5) is 5.82 Å². The smallest absolute Gasteiger partial charge is 0.134 e. The number of aliphatic hydroxyl groups excluding tert-OH is 1. The number of nitrogens with zero attached hydrogens (tertiary/aromatic N) is 1. The predicted molar refractivity (Wildman–Crippen MR) is 75.3 cm³/mol. The number of anilines is 1. The van der Waals surface area contributed by atoms with Gasteiger partial charge in [-0.25, -0.2) is 4.98 Å². The molecule has 1 aliphatic rings. The lowest BCUT2D eigenvalue weighted by Gasteiger charge is -2.27. The molecule has 3 rings (SSSR count). The van der Waals surface area contributed by atoms with Crippen molar-refractivity contribution < 1.29 is 10.2 Å². The highest BCUT2D eigenvalue weighted by molar-refractivity contribution is 5.92. The molecule has 1 aliphatic carbocycles. The van der Waals surface area contributed by atoms with Crippen molar-refractivity contribution in [2.75, 3.05) is 5.32 Å². The van der Waals surface area contributed by atoms with Gasteiger partial charge in [-0.15, -0.1) is 0 Å². The molecule has 3 N–H and O–H groups in total. The van der Waals surface area contributed by atoms with Gasteiger partial charge in [0, 0.05) is 17.6 Å². The van der Waals surface area contributed by atoms with Crippen LogP contribution in [-0.2, 0) is 0 Å². The zero-order chi connectivity index (χ0) is 13.2. The van der Waals surface area contributed by atoms with Gasteiger partial charge in [0.2, 0.25) is 0 Å². The molecule has 1 saturated carbocycles. The molecule has 4 heteroatoms. The van der Waals surface area contributed by atoms with Gasteiger partial charge in [0.1, 0.15) is 11.6 Å². The normalized spacial score (nSPS) is 23.4. The number of rotatable bonds is 2. The van der Waals surface area contributed by atoms with Crippen molar-refractivity contribution in [1.29, 1.82) is 0 Å². The second-order valence-electron chi connectivity index (χ2n) is 5.21. The van der Waals surface area contributed by atoms with Crippen LogP contribution >= 0.6 is 0 Å². The minimum Gasteiger partial charge on any atom is -0.508 e. The minimum absolute atomic E-state index is 0.150. The third kappa shape index (κ3) is 2.63. The van der Waals surface area contributed by atoms with E-state index in [-0.39, 0.29) is 11.9 Å². The van der Waals surface area contributed by atoms with E-state index >= 15 is 0 Å². The summed E-state index contributed by atoms with van der Waals surface area (Å²) in [6.45, 7) is 0. The van der Waals surface area contributed by atoms with Gasteiger partial charge in [0.25, 0.3) is 0 Å². The van der Waals surface area contributed by atoms with Gasteiger partial charge in [-0.1, -0.05) is 6.07 Å². The van der Waals surface area contributed by atoms with Crippen LogP contribution in [0.3, 0.4) is 0 Å². The molecule has 0 radical (unpaired) electrons. The fourth-order valence-electron chi connectivity index (χ4n) is 2.68. The fourth-order valence-corrected chi connectivity index (χ4v) is 2.68. The van der Waals surface area contributed by atoms with Gasteiger partial charge in [0.15, 0.2) is 0 Å². The Hall–Kier alpha value is -1.81. The Kier molecular flexibility index (Phi) is 3.25. The summed E-state index contributed by atoms with van der Waals surface area (Å²) in [6, 6.07) is 7.60. The van der Waals surface area contributed by atoms with Crippen LogP contribution in [0.1, 0.15) is 25.7 Å². The lowest BCUT2D eigenvalue weighted by atomic mass is 9.93. The lowest BCUT2D eigenvalue weighted by molar-refractivity contribution is 0.126. The van der Waals surface area contributed by atoms with Crippen LogP contribution in [-0.4, -0.2) is 27.3 Å². The summed E-state index contributed by atoms with van der Waals surface area (Å²) in [5.74, 6) is 1.07. The number of benzene rings is 1. The largest absolute Gasteiger partial charge is 0.508 e. The lowest BCUT2D eigenvalue weighted by Crippen LogP contribution is -2.28. The van der Waals surface area contributed by atoms with Crippen molar-refractivity contribution in [2.45, 2.75) is 37.8 Å². The minimum atomic E-state index is -0.150. The number of pyridine rings is 1. The highest BCUT2D eigenvalue weighted by atomic mass is 16.3. The first-order chi connectivity index (χ1) is 9.22. The van der Waals surface area contributed by atoms with E-state index in [2.05, 4.69) is 10.3 Å². The topological polar surface area (TPSA) is 65.4 Å². The molecule has 4 nitrogen and oxygen atoms in total. The number of hydrogen-bond acceptors (Lipinski definition) is 4. The van der Waals surface area contributed by atoms with Gasteiger partial charge < -0.3 is 15.5 Å². The molecule has 1 aromatic heterocycles. The van der Waals surface area contributed by atoms with Crippen LogP contribution < -0.4 is 5.32 Å². The second-order valence-corrected chi connectivity index (χ2v) is 5.21. The number of nitrogens with one attached hydrogen (secondary N) is 1. The van der Waals surface area contributed by atoms with E-state index in [1.165, 1.54) is 0 Å². The molecule has 0 amide bonds. The molecule has 2 aromatic rings. The molecule has 0 saturated heterocycles. The zero-order valence-electron chi connectivity index (χ0n) is 10.7. The maximum atomic E-state index is 9.61. The van der Waals surface area contributed by atoms with E-state index in [9.17, 15) is 10.2 Å². The van der Waals surface area contributed by atoms with E-state index in [1.54, 1.807) is 18.3 Å². The van der Waals surface area contributed by atoms with Crippen molar-refractivity contribution in [2.24, 2.45) is 0 Å². The predicted octanol–water partition coefficient (Wildman–Crippen LogP) is 2.66. The van der Waals surface area contributed by atoms with Crippen LogP contribution in [0.2, 0.25) is 0 Å². The molecular weight excluding hydrogens is 240 g/mol. The van der Waals surface area contributed by atoms with Gasteiger partial charge in [0.05, 0.1) is 6.10 Å². The summed E-state index contributed by atoms with van der Waals surface area (Å²) in [4.78, 5) is 4.38. The number of phenols is 1. The fraction of sp³-hybridized carbons (Fsp3) is 0.400. The first kappa shape index (κ1) is 12.2. The molecule has 100 valence electrons. The third-order valence-corrected chi connectivity index (χ3v) is 3.79. The summed E-state index contributed by atoms with van der Waals surface area (Å²) in [5.41, 5.74) is 0. The van der Waals surface area contributed by atoms with Crippen molar-refractivity contribution in [3.8, 4) is 5.75 Å². The molecule has 1 fully saturated rings. The van der Waals surface area contributed by atoms with Crippen molar-refractivity contribution >= 4 is 16.6 Å². The van der Waals surface area contributed by atoms with E-state index in [0.29, 0.717) is 6.04 Å². The maximum absolute atomic E-state index is 9.61. The summed E-state index contributed by atoms with van der Waals surface area (Å²) < 4.78 is 0. The Labute approximate surface area is 112 Å². The molecule has 0 atom stereocenters. The number of aromatic hydroxyl groups is 1. The second kappa shape index (κ2) is 5.05. The molecule has 0 aliphatic heterocycles. The number of phenolic OH excluding ortho intramolecular Hbond substituents is 1. The molecule has 0 spiro atoms. The first-order valence-electron chi connectivity index (χ1n) is 6.75. The van der Waals surface area contributed by atoms with Crippen LogP contribution in [0, 0.1) is 0 Å². The monoisotopic (exact) mass is 258 g/mol. The quantitative estimate of drug-likeness (QED) is 0.774. The van der Waals surface area contributed by atoms with Gasteiger partial charge in [-0.2, -0.15) is 0 Å². The summed E-state index contributed by atoms with van der Waals surface area (Å²) in [7, 11) is 0. The van der Waals surface area contributed by atoms with Crippen molar-refractivity contribution in [1.82, 2.24) is 4.98 Å². The molecule has 0 bridgehead atoms. The maximum Gasteiger partial charge on any atom is 0.134 e. The molecule has 1 aromatic carbocycles. The average molecular weight is 258 g/mol. The summed E-state index contributed by atoms with van der Waals surface area (Å²) in [6.07, 6.45) is 5.22. The third-order valence-electron chi connectivity index (χ3n) is 3.79. The molecule has 0 unspecified atom stereocenters. The van der Waals surface area contributed by atoms with Gasteiger partial charge in [-0.3, -0.25) is 0 Å². The Morgan fingerprint density at radius 3 is 2.68 bits per heavy atom. The zero-order valence-corrected chi connectivity index (χ0v) is 10.7. The molecular formula is C15H18N2O2. The van der Waals surface area contributed by atoms with Gasteiger partial charge >= 0.3 is 0 Å². The molecule has 1 heterocycles. The van der Waals surface area contributed by atoms with Crippen molar-refractivity contribution in [3.63, 3.8) is 0 Å². The van der Waals surface area contributed by atoms with Crippen LogP contribution in [0.5, 0.6) is 5.75 Å². The Bertz CT molecular complexity index is 577. The standard InChI is InChI=1S/C15H18N2O2/c18-12-5-2-11(3-6-12)17-15-14-9-13(19)4-1-10(14)7-8-16-15/h1,4,7-9,11-12,18-19H,2-3,5-6H2,(H,16,17). The van der Waals surface area contributed by atoms with Gasteiger partial charge in [-0.05, 0) is 49.3 Å². The Balaban J connectivity index is 1.86. The summed E-state index contributed by atoms with van der Waals surface area (Å²) in [5, 5.41) is 24.6. The van der Waals surface area contributed by atoms with Crippen molar-refractivity contribution in [3.05, 3.63) is 30.5 Å². The van der Waals surface area contributed by atoms with Crippen LogP contribution in [0.25, 0.3) is 10.8 Å². The highest BCUT2D eigenvalue weighted by Gasteiger charge is 2.19. The van der Waals surface area contributed by atoms with E-state index in [1.807, 2.05) is 12.1 Å². The average Bonchev–Trinajstić information content (AvgIpc) is 2.42. The van der Waals surface area contributed by atoms with E-state index < -0.39 is 0 Å². The SMILES string of the molecule is Oc1ccc2ccnc(NC3CCC(O)CC3)c2c1.